The van der Waals surface area contributed by atoms with Gasteiger partial charge in [0.2, 0.25) is 5.91 Å². The normalized spacial score (nSPS) is 11.0. The van der Waals surface area contributed by atoms with Crippen molar-refractivity contribution >= 4 is 12.0 Å². The summed E-state index contributed by atoms with van der Waals surface area (Å²) in [6.07, 6.45) is 6.31. The van der Waals surface area contributed by atoms with Crippen molar-refractivity contribution < 1.29 is 13.6 Å². The summed E-state index contributed by atoms with van der Waals surface area (Å²) in [4.78, 5) is 15.7. The van der Waals surface area contributed by atoms with Crippen LogP contribution in [0.15, 0.2) is 36.7 Å². The summed E-state index contributed by atoms with van der Waals surface area (Å²) in [5, 5.41) is 2.63. The summed E-state index contributed by atoms with van der Waals surface area (Å²) in [6.45, 7) is 0.397. The first-order valence-electron chi connectivity index (χ1n) is 6.44. The van der Waals surface area contributed by atoms with Gasteiger partial charge < -0.3 is 9.88 Å². The lowest BCUT2D eigenvalue weighted by molar-refractivity contribution is -0.116. The van der Waals surface area contributed by atoms with Gasteiger partial charge in [0.25, 0.3) is 0 Å². The standard InChI is InChI=1S/C15H15F2N3O/c1-20-10-9-18-14(20)7-8-19-15(21)6-5-11-12(16)3-2-4-13(11)17/h2-6,9-10H,7-8H2,1H3,(H,19,21). The monoisotopic (exact) mass is 291 g/mol. The number of carbonyl (C=O) groups is 1. The number of benzene rings is 1. The molecule has 110 valence electrons. The summed E-state index contributed by atoms with van der Waals surface area (Å²) in [7, 11) is 1.87. The molecule has 0 fully saturated rings. The summed E-state index contributed by atoms with van der Waals surface area (Å²) in [6, 6.07) is 3.55. The van der Waals surface area contributed by atoms with Crippen LogP contribution in [-0.2, 0) is 18.3 Å². The van der Waals surface area contributed by atoms with Crippen LogP contribution in [0.2, 0.25) is 0 Å². The SMILES string of the molecule is Cn1ccnc1CCNC(=O)C=Cc1c(F)cccc1F. The van der Waals surface area contributed by atoms with E-state index in [4.69, 9.17) is 0 Å². The molecule has 6 heteroatoms. The molecule has 1 heterocycles. The number of aromatic nitrogens is 2. The van der Waals surface area contributed by atoms with Gasteiger partial charge in [0, 0.05) is 44.0 Å². The molecule has 0 spiro atoms. The molecule has 0 aliphatic carbocycles. The molecule has 1 aromatic carbocycles. The fourth-order valence-corrected chi connectivity index (χ4v) is 1.82. The Morgan fingerprint density at radius 2 is 2.10 bits per heavy atom. The Labute approximate surface area is 121 Å². The number of hydrogen-bond donors (Lipinski definition) is 1. The number of imidazole rings is 1. The molecule has 2 rings (SSSR count). The summed E-state index contributed by atoms with van der Waals surface area (Å²) in [5.41, 5.74) is -0.225. The van der Waals surface area contributed by atoms with Crippen molar-refractivity contribution in [3.63, 3.8) is 0 Å². The van der Waals surface area contributed by atoms with E-state index in [1.54, 1.807) is 6.20 Å². The molecular weight excluding hydrogens is 276 g/mol. The molecule has 0 radical (unpaired) electrons. The molecule has 0 aliphatic rings. The predicted molar refractivity (Wildman–Crippen MR) is 75.3 cm³/mol. The van der Waals surface area contributed by atoms with E-state index in [9.17, 15) is 13.6 Å². The van der Waals surface area contributed by atoms with E-state index in [-0.39, 0.29) is 5.56 Å². The van der Waals surface area contributed by atoms with Gasteiger partial charge in [-0.3, -0.25) is 4.79 Å². The molecule has 1 aromatic heterocycles. The maximum absolute atomic E-state index is 13.3. The highest BCUT2D eigenvalue weighted by Gasteiger charge is 2.05. The Morgan fingerprint density at radius 1 is 1.38 bits per heavy atom. The maximum Gasteiger partial charge on any atom is 0.244 e. The van der Waals surface area contributed by atoms with Crippen LogP contribution in [0.25, 0.3) is 6.08 Å². The average molecular weight is 291 g/mol. The maximum atomic E-state index is 13.3. The third-order valence-corrected chi connectivity index (χ3v) is 2.97. The van der Waals surface area contributed by atoms with Gasteiger partial charge in [-0.25, -0.2) is 13.8 Å². The highest BCUT2D eigenvalue weighted by molar-refractivity contribution is 5.91. The molecule has 0 aliphatic heterocycles. The Hall–Kier alpha value is -2.50. The zero-order chi connectivity index (χ0) is 15.2. The summed E-state index contributed by atoms with van der Waals surface area (Å²) < 4.78 is 28.6. The van der Waals surface area contributed by atoms with Crippen molar-refractivity contribution in [3.05, 3.63) is 59.7 Å². The van der Waals surface area contributed by atoms with E-state index in [2.05, 4.69) is 10.3 Å². The third kappa shape index (κ3) is 3.98. The van der Waals surface area contributed by atoms with E-state index >= 15 is 0 Å². The van der Waals surface area contributed by atoms with Gasteiger partial charge in [-0.15, -0.1) is 0 Å². The second-order valence-corrected chi connectivity index (χ2v) is 4.46. The summed E-state index contributed by atoms with van der Waals surface area (Å²) in [5.74, 6) is -0.967. The van der Waals surface area contributed by atoms with Gasteiger partial charge in [-0.2, -0.15) is 0 Å². The minimum atomic E-state index is -0.702. The van der Waals surface area contributed by atoms with E-state index in [1.165, 1.54) is 6.07 Å². The second-order valence-electron chi connectivity index (χ2n) is 4.46. The van der Waals surface area contributed by atoms with Crippen LogP contribution in [0.3, 0.4) is 0 Å². The summed E-state index contributed by atoms with van der Waals surface area (Å²) >= 11 is 0. The largest absolute Gasteiger partial charge is 0.352 e. The van der Waals surface area contributed by atoms with Gasteiger partial charge in [0.15, 0.2) is 0 Å². The van der Waals surface area contributed by atoms with Gasteiger partial charge in [-0.1, -0.05) is 6.07 Å². The number of hydrogen-bond acceptors (Lipinski definition) is 2. The van der Waals surface area contributed by atoms with Crippen LogP contribution in [-0.4, -0.2) is 22.0 Å². The highest BCUT2D eigenvalue weighted by Crippen LogP contribution is 2.13. The molecule has 21 heavy (non-hydrogen) atoms. The minimum Gasteiger partial charge on any atom is -0.352 e. The molecule has 0 atom stereocenters. The van der Waals surface area contributed by atoms with Crippen LogP contribution in [0.4, 0.5) is 8.78 Å². The molecule has 0 unspecified atom stereocenters. The molecule has 4 nitrogen and oxygen atoms in total. The average Bonchev–Trinajstić information content (AvgIpc) is 2.84. The van der Waals surface area contributed by atoms with Crippen LogP contribution in [0, 0.1) is 11.6 Å². The number of amides is 1. The lowest BCUT2D eigenvalue weighted by Crippen LogP contribution is -2.24. The smallest absolute Gasteiger partial charge is 0.244 e. The molecule has 2 aromatic rings. The van der Waals surface area contributed by atoms with Crippen LogP contribution >= 0.6 is 0 Å². The van der Waals surface area contributed by atoms with Gasteiger partial charge in [0.1, 0.15) is 17.5 Å². The Bertz CT molecular complexity index is 644. The van der Waals surface area contributed by atoms with E-state index in [0.717, 1.165) is 30.1 Å². The minimum absolute atomic E-state index is 0.225. The first-order chi connectivity index (χ1) is 10.1. The van der Waals surface area contributed by atoms with Gasteiger partial charge in [-0.05, 0) is 18.2 Å². The lowest BCUT2D eigenvalue weighted by atomic mass is 10.2. The van der Waals surface area contributed by atoms with Crippen molar-refractivity contribution in [3.8, 4) is 0 Å². The predicted octanol–water partition coefficient (Wildman–Crippen LogP) is 2.07. The molecule has 0 saturated heterocycles. The highest BCUT2D eigenvalue weighted by atomic mass is 19.1. The number of carbonyl (C=O) groups excluding carboxylic acids is 1. The molecule has 1 amide bonds. The van der Waals surface area contributed by atoms with E-state index < -0.39 is 17.5 Å². The van der Waals surface area contributed by atoms with Crippen molar-refractivity contribution in [1.29, 1.82) is 0 Å². The second kappa shape index (κ2) is 6.78. The quantitative estimate of drug-likeness (QED) is 0.857. The van der Waals surface area contributed by atoms with Crippen molar-refractivity contribution in [1.82, 2.24) is 14.9 Å². The molecular formula is C15H15F2N3O. The van der Waals surface area contributed by atoms with Gasteiger partial charge in [0.05, 0.1) is 0 Å². The molecule has 1 N–H and O–H groups in total. The topological polar surface area (TPSA) is 46.9 Å². The zero-order valence-electron chi connectivity index (χ0n) is 11.5. The first kappa shape index (κ1) is 14.9. The number of nitrogens with zero attached hydrogens (tertiary/aromatic N) is 2. The van der Waals surface area contributed by atoms with E-state index in [1.807, 2.05) is 17.8 Å². The van der Waals surface area contributed by atoms with Crippen LogP contribution in [0.5, 0.6) is 0 Å². The van der Waals surface area contributed by atoms with Crippen molar-refractivity contribution in [2.24, 2.45) is 7.05 Å². The number of nitrogens with one attached hydrogen (secondary N) is 1. The Balaban J connectivity index is 1.87. The third-order valence-electron chi connectivity index (χ3n) is 2.97. The van der Waals surface area contributed by atoms with Crippen LogP contribution < -0.4 is 5.32 Å². The Kier molecular flexibility index (Phi) is 4.81. The molecule has 0 saturated carbocycles. The zero-order valence-corrected chi connectivity index (χ0v) is 11.5. The molecule has 0 bridgehead atoms. The van der Waals surface area contributed by atoms with Crippen molar-refractivity contribution in [2.75, 3.05) is 6.54 Å². The fraction of sp³-hybridized carbons (Fsp3) is 0.200. The fourth-order valence-electron chi connectivity index (χ4n) is 1.82. The number of halogens is 2. The van der Waals surface area contributed by atoms with Gasteiger partial charge >= 0.3 is 0 Å². The first-order valence-corrected chi connectivity index (χ1v) is 6.44. The van der Waals surface area contributed by atoms with E-state index in [0.29, 0.717) is 13.0 Å². The van der Waals surface area contributed by atoms with Crippen molar-refractivity contribution in [2.45, 2.75) is 6.42 Å². The van der Waals surface area contributed by atoms with Crippen LogP contribution in [0.1, 0.15) is 11.4 Å². The lowest BCUT2D eigenvalue weighted by Gasteiger charge is -2.03. The number of rotatable bonds is 5. The Morgan fingerprint density at radius 3 is 2.71 bits per heavy atom. The number of aryl methyl sites for hydroxylation is 1.